The Hall–Kier alpha value is -1.10. The van der Waals surface area contributed by atoms with E-state index in [4.69, 9.17) is 4.74 Å². The Morgan fingerprint density at radius 1 is 1.53 bits per heavy atom. The Labute approximate surface area is 96.5 Å². The molecule has 0 spiro atoms. The fraction of sp³-hybridized carbons (Fsp3) is 0.400. The predicted octanol–water partition coefficient (Wildman–Crippen LogP) is 3.45. The Kier molecular flexibility index (Phi) is 4.08. The van der Waals surface area contributed by atoms with Gasteiger partial charge in [0.1, 0.15) is 5.75 Å². The van der Waals surface area contributed by atoms with E-state index >= 15 is 0 Å². The molecular weight excluding hydrogens is 262 g/mol. The number of hydrogen-bond acceptors (Lipinski definition) is 3. The average Bonchev–Trinajstić information content (AvgIpc) is 2.18. The molecule has 0 heterocycles. The largest absolute Gasteiger partial charge is 0.492 e. The molecule has 0 aliphatic carbocycles. The number of nitro groups is 1. The van der Waals surface area contributed by atoms with Crippen LogP contribution in [0.5, 0.6) is 5.75 Å². The topological polar surface area (TPSA) is 52.4 Å². The molecule has 15 heavy (non-hydrogen) atoms. The second kappa shape index (κ2) is 5.11. The minimum Gasteiger partial charge on any atom is -0.492 e. The Bertz CT molecular complexity index is 379. The van der Waals surface area contributed by atoms with Gasteiger partial charge in [0.2, 0.25) is 0 Å². The average molecular weight is 274 g/mol. The first-order valence-electron chi connectivity index (χ1n) is 4.63. The van der Waals surface area contributed by atoms with Crippen LogP contribution < -0.4 is 4.74 Å². The van der Waals surface area contributed by atoms with Crippen molar-refractivity contribution in [3.05, 3.63) is 32.3 Å². The van der Waals surface area contributed by atoms with Crippen molar-refractivity contribution in [3.8, 4) is 5.75 Å². The van der Waals surface area contributed by atoms with Crippen molar-refractivity contribution in [1.29, 1.82) is 0 Å². The number of aryl methyl sites for hydroxylation is 1. The van der Waals surface area contributed by atoms with Gasteiger partial charge < -0.3 is 4.74 Å². The summed E-state index contributed by atoms with van der Waals surface area (Å²) in [6, 6.07) is 3.15. The second-order valence-corrected chi connectivity index (χ2v) is 4.03. The van der Waals surface area contributed by atoms with Gasteiger partial charge in [-0.25, -0.2) is 0 Å². The highest BCUT2D eigenvalue weighted by Gasteiger charge is 2.14. The summed E-state index contributed by atoms with van der Waals surface area (Å²) in [6.07, 6.45) is 0.905. The number of nitro benzene ring substituents is 1. The van der Waals surface area contributed by atoms with Crippen LogP contribution in [0.4, 0.5) is 5.69 Å². The van der Waals surface area contributed by atoms with E-state index in [0.717, 1.165) is 6.42 Å². The standard InChI is InChI=1S/C10H12BrNO3/c1-3-4-15-10-5-7(2)9(12(13)14)6-8(10)11/h5-6H,3-4H2,1-2H3. The van der Waals surface area contributed by atoms with E-state index in [0.29, 0.717) is 22.4 Å². The Balaban J connectivity index is 3.02. The molecule has 0 aliphatic rings. The second-order valence-electron chi connectivity index (χ2n) is 3.17. The van der Waals surface area contributed by atoms with E-state index in [2.05, 4.69) is 15.9 Å². The molecule has 0 amide bonds. The highest BCUT2D eigenvalue weighted by Crippen LogP contribution is 2.32. The third kappa shape index (κ3) is 2.92. The molecule has 0 saturated carbocycles. The van der Waals surface area contributed by atoms with E-state index in [1.165, 1.54) is 6.07 Å². The molecule has 1 aromatic rings. The van der Waals surface area contributed by atoms with Crippen LogP contribution in [0.3, 0.4) is 0 Å². The van der Waals surface area contributed by atoms with Gasteiger partial charge in [-0.3, -0.25) is 10.1 Å². The zero-order valence-electron chi connectivity index (χ0n) is 8.62. The van der Waals surface area contributed by atoms with E-state index in [9.17, 15) is 10.1 Å². The molecule has 0 N–H and O–H groups in total. The summed E-state index contributed by atoms with van der Waals surface area (Å²) in [4.78, 5) is 10.2. The Morgan fingerprint density at radius 2 is 2.20 bits per heavy atom. The fourth-order valence-corrected chi connectivity index (χ4v) is 1.61. The van der Waals surface area contributed by atoms with Crippen molar-refractivity contribution >= 4 is 21.6 Å². The molecule has 82 valence electrons. The third-order valence-corrected chi connectivity index (χ3v) is 2.53. The van der Waals surface area contributed by atoms with Crippen molar-refractivity contribution in [2.45, 2.75) is 20.3 Å². The van der Waals surface area contributed by atoms with Gasteiger partial charge in [-0.2, -0.15) is 0 Å². The number of rotatable bonds is 4. The molecule has 0 bridgehead atoms. The maximum absolute atomic E-state index is 10.6. The van der Waals surface area contributed by atoms with Crippen LogP contribution >= 0.6 is 15.9 Å². The lowest BCUT2D eigenvalue weighted by Gasteiger charge is -2.08. The van der Waals surface area contributed by atoms with E-state index < -0.39 is 4.92 Å². The monoisotopic (exact) mass is 273 g/mol. The van der Waals surface area contributed by atoms with Crippen LogP contribution in [0.25, 0.3) is 0 Å². The van der Waals surface area contributed by atoms with Crippen molar-refractivity contribution in [1.82, 2.24) is 0 Å². The van der Waals surface area contributed by atoms with Gasteiger partial charge in [-0.15, -0.1) is 0 Å². The van der Waals surface area contributed by atoms with Crippen molar-refractivity contribution in [2.24, 2.45) is 0 Å². The lowest BCUT2D eigenvalue weighted by molar-refractivity contribution is -0.385. The van der Waals surface area contributed by atoms with Crippen LogP contribution in [0, 0.1) is 17.0 Å². The van der Waals surface area contributed by atoms with Crippen LogP contribution in [0.2, 0.25) is 0 Å². The maximum atomic E-state index is 10.6. The fourth-order valence-electron chi connectivity index (χ4n) is 1.16. The molecule has 0 atom stereocenters. The molecule has 0 aromatic heterocycles. The molecule has 5 heteroatoms. The molecule has 1 rings (SSSR count). The molecule has 0 unspecified atom stereocenters. The van der Waals surface area contributed by atoms with E-state index in [1.807, 2.05) is 6.92 Å². The van der Waals surface area contributed by atoms with Crippen LogP contribution in [0.1, 0.15) is 18.9 Å². The molecule has 4 nitrogen and oxygen atoms in total. The van der Waals surface area contributed by atoms with Crippen molar-refractivity contribution < 1.29 is 9.66 Å². The molecule has 0 fully saturated rings. The first kappa shape index (κ1) is 12.0. The van der Waals surface area contributed by atoms with Crippen LogP contribution in [0.15, 0.2) is 16.6 Å². The predicted molar refractivity (Wildman–Crippen MR) is 61.3 cm³/mol. The normalized spacial score (nSPS) is 10.1. The SMILES string of the molecule is CCCOc1cc(C)c([N+](=O)[O-])cc1Br. The van der Waals surface area contributed by atoms with Gasteiger partial charge in [-0.05, 0) is 35.3 Å². The summed E-state index contributed by atoms with van der Waals surface area (Å²) in [7, 11) is 0. The zero-order valence-corrected chi connectivity index (χ0v) is 10.2. The number of ether oxygens (including phenoxy) is 1. The molecule has 0 radical (unpaired) electrons. The maximum Gasteiger partial charge on any atom is 0.273 e. The first-order chi connectivity index (χ1) is 7.06. The van der Waals surface area contributed by atoms with Gasteiger partial charge in [0.25, 0.3) is 5.69 Å². The van der Waals surface area contributed by atoms with Gasteiger partial charge in [0, 0.05) is 11.6 Å². The molecule has 1 aromatic carbocycles. The summed E-state index contributed by atoms with van der Waals surface area (Å²) in [5.74, 6) is 0.653. The van der Waals surface area contributed by atoms with Gasteiger partial charge in [0.05, 0.1) is 16.0 Å². The summed E-state index contributed by atoms with van der Waals surface area (Å²) < 4.78 is 6.05. The smallest absolute Gasteiger partial charge is 0.273 e. The van der Waals surface area contributed by atoms with Crippen molar-refractivity contribution in [2.75, 3.05) is 6.61 Å². The summed E-state index contributed by atoms with van der Waals surface area (Å²) in [6.45, 7) is 4.31. The quantitative estimate of drug-likeness (QED) is 0.624. The lowest BCUT2D eigenvalue weighted by Crippen LogP contribution is -1.98. The number of nitrogens with zero attached hydrogens (tertiary/aromatic N) is 1. The highest BCUT2D eigenvalue weighted by atomic mass is 79.9. The lowest BCUT2D eigenvalue weighted by atomic mass is 10.2. The van der Waals surface area contributed by atoms with Crippen molar-refractivity contribution in [3.63, 3.8) is 0 Å². The number of benzene rings is 1. The Morgan fingerprint density at radius 3 is 2.73 bits per heavy atom. The number of halogens is 1. The zero-order chi connectivity index (χ0) is 11.4. The molecule has 0 aliphatic heterocycles. The van der Waals surface area contributed by atoms with Gasteiger partial charge >= 0.3 is 0 Å². The first-order valence-corrected chi connectivity index (χ1v) is 5.43. The highest BCUT2D eigenvalue weighted by molar-refractivity contribution is 9.10. The van der Waals surface area contributed by atoms with Crippen LogP contribution in [-0.4, -0.2) is 11.5 Å². The van der Waals surface area contributed by atoms with Gasteiger partial charge in [0.15, 0.2) is 0 Å². The minimum atomic E-state index is -0.399. The summed E-state index contributed by atoms with van der Waals surface area (Å²) >= 11 is 3.25. The summed E-state index contributed by atoms with van der Waals surface area (Å²) in [5.41, 5.74) is 0.708. The molecular formula is C10H12BrNO3. The minimum absolute atomic E-state index is 0.103. The third-order valence-electron chi connectivity index (χ3n) is 1.91. The van der Waals surface area contributed by atoms with Crippen LogP contribution in [-0.2, 0) is 0 Å². The van der Waals surface area contributed by atoms with E-state index in [-0.39, 0.29) is 5.69 Å². The van der Waals surface area contributed by atoms with E-state index in [1.54, 1.807) is 13.0 Å². The summed E-state index contributed by atoms with van der Waals surface area (Å²) in [5, 5.41) is 10.6. The van der Waals surface area contributed by atoms with Gasteiger partial charge in [-0.1, -0.05) is 6.92 Å². The molecule has 0 saturated heterocycles. The number of hydrogen-bond donors (Lipinski definition) is 0.